The van der Waals surface area contributed by atoms with Gasteiger partial charge in [-0.3, -0.25) is 19.0 Å². The number of hydrogen-bond donors (Lipinski definition) is 0. The van der Waals surface area contributed by atoms with Crippen LogP contribution in [-0.4, -0.2) is 29.7 Å². The quantitative estimate of drug-likeness (QED) is 0.680. The molecule has 1 heterocycles. The van der Waals surface area contributed by atoms with Gasteiger partial charge in [0.25, 0.3) is 5.91 Å². The van der Waals surface area contributed by atoms with Crippen LogP contribution in [0.5, 0.6) is 0 Å². The Morgan fingerprint density at radius 2 is 2.36 bits per heavy atom. The summed E-state index contributed by atoms with van der Waals surface area (Å²) in [6.07, 6.45) is 0. The van der Waals surface area contributed by atoms with Gasteiger partial charge in [-0.2, -0.15) is 0 Å². The summed E-state index contributed by atoms with van der Waals surface area (Å²) in [5.74, 6) is -0.254. The van der Waals surface area contributed by atoms with Gasteiger partial charge in [0.15, 0.2) is 0 Å². The first kappa shape index (κ1) is 10.9. The molecule has 1 aromatic rings. The van der Waals surface area contributed by atoms with Gasteiger partial charge in [-0.15, -0.1) is 0 Å². The zero-order chi connectivity index (χ0) is 10.7. The summed E-state index contributed by atoms with van der Waals surface area (Å²) in [6, 6.07) is 0. The van der Waals surface area contributed by atoms with Gasteiger partial charge in [-0.1, -0.05) is 11.3 Å². The second kappa shape index (κ2) is 4.39. The van der Waals surface area contributed by atoms with Gasteiger partial charge < -0.3 is 0 Å². The monoisotopic (exact) mass is 216 g/mol. The van der Waals surface area contributed by atoms with Crippen molar-refractivity contribution in [3.63, 3.8) is 0 Å². The van der Waals surface area contributed by atoms with Gasteiger partial charge in [-0.25, -0.2) is 5.06 Å². The molecule has 0 unspecified atom stereocenters. The minimum absolute atomic E-state index is 0.0263. The number of likely N-dealkylation sites (N-methyl/N-ethyl adjacent to an activating group) is 1. The second-order valence-corrected chi connectivity index (χ2v) is 3.62. The third-order valence-electron chi connectivity index (χ3n) is 1.89. The van der Waals surface area contributed by atoms with Gasteiger partial charge in [0.1, 0.15) is 6.54 Å². The molecule has 0 fully saturated rings. The van der Waals surface area contributed by atoms with Crippen LogP contribution in [0.25, 0.3) is 0 Å². The molecule has 0 atom stereocenters. The Bertz CT molecular complexity index is 382. The van der Waals surface area contributed by atoms with E-state index >= 15 is 0 Å². The Morgan fingerprint density at radius 1 is 1.71 bits per heavy atom. The van der Waals surface area contributed by atoms with Crippen LogP contribution in [0, 0.1) is 6.92 Å². The minimum Gasteiger partial charge on any atom is -0.294 e. The number of carbonyl (C=O) groups is 1. The van der Waals surface area contributed by atoms with Crippen LogP contribution in [0.15, 0.2) is 10.2 Å². The Kier molecular flexibility index (Phi) is 3.43. The Labute approximate surface area is 85.5 Å². The second-order valence-electron chi connectivity index (χ2n) is 2.80. The highest BCUT2D eigenvalue weighted by molar-refractivity contribution is 7.07. The Balaban J connectivity index is 2.79. The van der Waals surface area contributed by atoms with E-state index in [4.69, 9.17) is 4.84 Å². The Morgan fingerprint density at radius 3 is 2.79 bits per heavy atom. The number of rotatable bonds is 3. The first-order valence-electron chi connectivity index (χ1n) is 4.02. The highest BCUT2D eigenvalue weighted by atomic mass is 32.1. The number of nitrogens with zero attached hydrogens (tertiary/aromatic N) is 2. The molecule has 0 spiro atoms. The van der Waals surface area contributed by atoms with E-state index in [0.717, 1.165) is 22.1 Å². The molecule has 0 N–H and O–H groups in total. The van der Waals surface area contributed by atoms with Crippen molar-refractivity contribution in [3.05, 3.63) is 20.7 Å². The zero-order valence-electron chi connectivity index (χ0n) is 8.31. The summed E-state index contributed by atoms with van der Waals surface area (Å²) in [4.78, 5) is 27.2. The third kappa shape index (κ3) is 2.21. The first-order valence-corrected chi connectivity index (χ1v) is 4.90. The van der Waals surface area contributed by atoms with E-state index in [1.165, 1.54) is 18.7 Å². The van der Waals surface area contributed by atoms with Crippen molar-refractivity contribution in [2.24, 2.45) is 0 Å². The number of aromatic nitrogens is 1. The standard InChI is InChI=1S/C8H12N2O3S/c1-6-5-14-8(12)10(6)4-7(11)9(2)13-3/h5H,4H2,1-3H3. The summed E-state index contributed by atoms with van der Waals surface area (Å²) < 4.78 is 1.42. The molecule has 1 amide bonds. The molecule has 0 aliphatic rings. The van der Waals surface area contributed by atoms with Crippen molar-refractivity contribution in [3.8, 4) is 0 Å². The third-order valence-corrected chi connectivity index (χ3v) is 2.78. The van der Waals surface area contributed by atoms with E-state index in [2.05, 4.69) is 0 Å². The largest absolute Gasteiger partial charge is 0.307 e. The lowest BCUT2D eigenvalue weighted by molar-refractivity contribution is -0.169. The molecule has 0 radical (unpaired) electrons. The van der Waals surface area contributed by atoms with Gasteiger partial charge in [-0.05, 0) is 6.92 Å². The molecule has 78 valence electrons. The fourth-order valence-electron chi connectivity index (χ4n) is 0.933. The van der Waals surface area contributed by atoms with Gasteiger partial charge in [0.2, 0.25) is 0 Å². The van der Waals surface area contributed by atoms with Crippen molar-refractivity contribution in [1.29, 1.82) is 0 Å². The lowest BCUT2D eigenvalue weighted by Gasteiger charge is -2.13. The summed E-state index contributed by atoms with van der Waals surface area (Å²) in [5.41, 5.74) is 0.790. The van der Waals surface area contributed by atoms with Crippen LogP contribution in [0.4, 0.5) is 0 Å². The number of hydrogen-bond acceptors (Lipinski definition) is 4. The molecule has 0 aliphatic heterocycles. The first-order chi connectivity index (χ1) is 6.56. The number of amides is 1. The highest BCUT2D eigenvalue weighted by Gasteiger charge is 2.11. The lowest BCUT2D eigenvalue weighted by Crippen LogP contribution is -2.32. The minimum atomic E-state index is -0.254. The van der Waals surface area contributed by atoms with E-state index in [1.807, 2.05) is 0 Å². The van der Waals surface area contributed by atoms with E-state index < -0.39 is 0 Å². The van der Waals surface area contributed by atoms with Gasteiger partial charge >= 0.3 is 4.87 Å². The van der Waals surface area contributed by atoms with Crippen molar-refractivity contribution in [2.75, 3.05) is 14.2 Å². The van der Waals surface area contributed by atoms with Gasteiger partial charge in [0, 0.05) is 18.1 Å². The van der Waals surface area contributed by atoms with Crippen LogP contribution in [-0.2, 0) is 16.2 Å². The molecule has 0 bridgehead atoms. The topological polar surface area (TPSA) is 51.5 Å². The molecule has 5 nitrogen and oxygen atoms in total. The van der Waals surface area contributed by atoms with Crippen molar-refractivity contribution >= 4 is 17.2 Å². The van der Waals surface area contributed by atoms with Crippen molar-refractivity contribution < 1.29 is 9.63 Å². The van der Waals surface area contributed by atoms with E-state index in [0.29, 0.717) is 0 Å². The maximum Gasteiger partial charge on any atom is 0.307 e. The highest BCUT2D eigenvalue weighted by Crippen LogP contribution is 2.00. The number of hydroxylamine groups is 2. The summed E-state index contributed by atoms with van der Waals surface area (Å²) in [5, 5.41) is 2.83. The maximum atomic E-state index is 11.4. The summed E-state index contributed by atoms with van der Waals surface area (Å²) in [6.45, 7) is 1.82. The molecule has 1 aromatic heterocycles. The average Bonchev–Trinajstić information content (AvgIpc) is 2.48. The molecule has 0 aromatic carbocycles. The molecule has 0 saturated heterocycles. The Hall–Kier alpha value is -1.14. The van der Waals surface area contributed by atoms with Crippen LogP contribution in [0.1, 0.15) is 5.69 Å². The van der Waals surface area contributed by atoms with Crippen LogP contribution >= 0.6 is 11.3 Å². The number of aryl methyl sites for hydroxylation is 1. The fraction of sp³-hybridized carbons (Fsp3) is 0.500. The zero-order valence-corrected chi connectivity index (χ0v) is 9.13. The van der Waals surface area contributed by atoms with Gasteiger partial charge in [0.05, 0.1) is 7.11 Å². The molecule has 0 saturated carbocycles. The normalized spacial score (nSPS) is 10.2. The maximum absolute atomic E-state index is 11.4. The summed E-state index contributed by atoms with van der Waals surface area (Å²) in [7, 11) is 2.91. The molecular formula is C8H12N2O3S. The lowest BCUT2D eigenvalue weighted by atomic mass is 10.5. The van der Waals surface area contributed by atoms with Crippen LogP contribution < -0.4 is 4.87 Å². The van der Waals surface area contributed by atoms with E-state index in [-0.39, 0.29) is 17.3 Å². The van der Waals surface area contributed by atoms with Crippen LogP contribution in [0.3, 0.4) is 0 Å². The molecule has 6 heteroatoms. The predicted molar refractivity (Wildman–Crippen MR) is 53.1 cm³/mol. The fourth-order valence-corrected chi connectivity index (χ4v) is 1.67. The van der Waals surface area contributed by atoms with Crippen molar-refractivity contribution in [1.82, 2.24) is 9.63 Å². The molecule has 14 heavy (non-hydrogen) atoms. The predicted octanol–water partition coefficient (Wildman–Crippen LogP) is 0.238. The van der Waals surface area contributed by atoms with Crippen LogP contribution in [0.2, 0.25) is 0 Å². The average molecular weight is 216 g/mol. The van der Waals surface area contributed by atoms with E-state index in [9.17, 15) is 9.59 Å². The summed E-state index contributed by atoms with van der Waals surface area (Å²) >= 11 is 1.09. The molecular weight excluding hydrogens is 204 g/mol. The molecule has 0 aliphatic carbocycles. The van der Waals surface area contributed by atoms with Crippen molar-refractivity contribution in [2.45, 2.75) is 13.5 Å². The SMILES string of the molecule is CON(C)C(=O)Cn1c(C)csc1=O. The molecule has 1 rings (SSSR count). The smallest absolute Gasteiger partial charge is 0.294 e. The number of thiazole rings is 1. The number of carbonyl (C=O) groups excluding carboxylic acids is 1. The van der Waals surface area contributed by atoms with E-state index in [1.54, 1.807) is 12.3 Å².